The third-order valence-corrected chi connectivity index (χ3v) is 1.96. The third kappa shape index (κ3) is 3.05. The van der Waals surface area contributed by atoms with Crippen molar-refractivity contribution < 1.29 is 24.5 Å². The highest BCUT2D eigenvalue weighted by Gasteiger charge is 2.14. The van der Waals surface area contributed by atoms with Gasteiger partial charge < -0.3 is 25.1 Å². The molecule has 0 amide bonds. The lowest BCUT2D eigenvalue weighted by Crippen LogP contribution is -2.35. The van der Waals surface area contributed by atoms with Gasteiger partial charge in [0.15, 0.2) is 0 Å². The van der Waals surface area contributed by atoms with Crippen LogP contribution in [0.15, 0.2) is 16.7 Å². The molecule has 0 unspecified atom stereocenters. The molecule has 0 spiro atoms. The van der Waals surface area contributed by atoms with Gasteiger partial charge in [0.2, 0.25) is 5.76 Å². The Kier molecular flexibility index (Phi) is 4.29. The molecule has 0 radical (unpaired) electrons. The summed E-state index contributed by atoms with van der Waals surface area (Å²) in [7, 11) is 0. The number of rotatable bonds is 6. The van der Waals surface area contributed by atoms with Gasteiger partial charge in [-0.15, -0.1) is 0 Å². The van der Waals surface area contributed by atoms with E-state index < -0.39 is 12.0 Å². The molecule has 0 aliphatic heterocycles. The Morgan fingerprint density at radius 3 is 2.67 bits per heavy atom. The van der Waals surface area contributed by atoms with Gasteiger partial charge in [0.25, 0.3) is 0 Å². The normalized spacial score (nSPS) is 10.9. The van der Waals surface area contributed by atoms with E-state index in [4.69, 9.17) is 19.7 Å². The molecule has 1 rings (SSSR count). The van der Waals surface area contributed by atoms with Gasteiger partial charge in [-0.25, -0.2) is 4.79 Å². The van der Waals surface area contributed by atoms with Gasteiger partial charge in [-0.05, 0) is 6.07 Å². The molecule has 0 aliphatic rings. The summed E-state index contributed by atoms with van der Waals surface area (Å²) in [5, 5.41) is 29.0. The highest BCUT2D eigenvalue weighted by atomic mass is 16.4. The third-order valence-electron chi connectivity index (χ3n) is 1.96. The minimum atomic E-state index is -1.14. The molecule has 0 saturated carbocycles. The highest BCUT2D eigenvalue weighted by molar-refractivity contribution is 5.86. The number of aliphatic hydroxyl groups excluding tert-OH is 2. The van der Waals surface area contributed by atoms with E-state index in [0.29, 0.717) is 5.56 Å². The molecule has 1 aromatic rings. The molecule has 1 aromatic heterocycles. The average molecular weight is 215 g/mol. The monoisotopic (exact) mass is 215 g/mol. The number of hydrogen-bond donors (Lipinski definition) is 4. The summed E-state index contributed by atoms with van der Waals surface area (Å²) in [6, 6.07) is 1.07. The molecule has 15 heavy (non-hydrogen) atoms. The topological polar surface area (TPSA) is 103 Å². The number of furan rings is 1. The molecule has 0 aliphatic carbocycles. The first-order valence-corrected chi connectivity index (χ1v) is 4.43. The standard InChI is InChI=1S/C9H13NO5/c11-4-7(5-12)10-3-6-1-2-15-8(6)9(13)14/h1-2,7,10-12H,3-5H2,(H,13,14). The number of carbonyl (C=O) groups is 1. The van der Waals surface area contributed by atoms with Crippen molar-refractivity contribution in [2.75, 3.05) is 13.2 Å². The van der Waals surface area contributed by atoms with E-state index in [1.807, 2.05) is 0 Å². The van der Waals surface area contributed by atoms with Crippen LogP contribution in [0.2, 0.25) is 0 Å². The lowest BCUT2D eigenvalue weighted by molar-refractivity contribution is 0.0660. The summed E-state index contributed by atoms with van der Waals surface area (Å²) in [4.78, 5) is 10.6. The van der Waals surface area contributed by atoms with Crippen LogP contribution in [0.4, 0.5) is 0 Å². The van der Waals surface area contributed by atoms with Crippen molar-refractivity contribution in [3.05, 3.63) is 23.7 Å². The van der Waals surface area contributed by atoms with Gasteiger partial charge in [-0.3, -0.25) is 0 Å². The van der Waals surface area contributed by atoms with Gasteiger partial charge in [0, 0.05) is 12.1 Å². The molecule has 0 aromatic carbocycles. The zero-order valence-corrected chi connectivity index (χ0v) is 8.01. The Balaban J connectivity index is 2.57. The van der Waals surface area contributed by atoms with Crippen LogP contribution in [-0.2, 0) is 6.54 Å². The van der Waals surface area contributed by atoms with Crippen molar-refractivity contribution in [1.29, 1.82) is 0 Å². The average Bonchev–Trinajstić information content (AvgIpc) is 2.67. The molecule has 6 nitrogen and oxygen atoms in total. The van der Waals surface area contributed by atoms with Gasteiger partial charge in [-0.1, -0.05) is 0 Å². The minimum absolute atomic E-state index is 0.128. The van der Waals surface area contributed by atoms with Crippen LogP contribution in [0.25, 0.3) is 0 Å². The van der Waals surface area contributed by atoms with Crippen LogP contribution < -0.4 is 5.32 Å². The molecule has 1 heterocycles. The quantitative estimate of drug-likeness (QED) is 0.506. The van der Waals surface area contributed by atoms with Crippen LogP contribution in [0.1, 0.15) is 16.1 Å². The molecular weight excluding hydrogens is 202 g/mol. The number of aliphatic hydroxyl groups is 2. The van der Waals surface area contributed by atoms with Crippen LogP contribution in [-0.4, -0.2) is 40.5 Å². The lowest BCUT2D eigenvalue weighted by Gasteiger charge is -2.12. The molecule has 6 heteroatoms. The SMILES string of the molecule is O=C(O)c1occc1CNC(CO)CO. The van der Waals surface area contributed by atoms with E-state index in [1.165, 1.54) is 12.3 Å². The van der Waals surface area contributed by atoms with Crippen molar-refractivity contribution >= 4 is 5.97 Å². The van der Waals surface area contributed by atoms with E-state index in [2.05, 4.69) is 5.32 Å². The summed E-state index contributed by atoms with van der Waals surface area (Å²) < 4.78 is 4.76. The number of carboxylic acids is 1. The fraction of sp³-hybridized carbons (Fsp3) is 0.444. The van der Waals surface area contributed by atoms with Crippen molar-refractivity contribution in [3.8, 4) is 0 Å². The summed E-state index contributed by atoms with van der Waals surface area (Å²) >= 11 is 0. The summed E-state index contributed by atoms with van der Waals surface area (Å²) in [6.07, 6.45) is 1.29. The Bertz CT molecular complexity index is 318. The second kappa shape index (κ2) is 5.50. The lowest BCUT2D eigenvalue weighted by atomic mass is 10.2. The molecule has 0 fully saturated rings. The zero-order chi connectivity index (χ0) is 11.3. The maximum absolute atomic E-state index is 10.6. The van der Waals surface area contributed by atoms with Gasteiger partial charge in [0.05, 0.1) is 25.5 Å². The van der Waals surface area contributed by atoms with Crippen LogP contribution in [0.5, 0.6) is 0 Å². The largest absolute Gasteiger partial charge is 0.475 e. The predicted octanol–water partition coefficient (Wildman–Crippen LogP) is -0.579. The van der Waals surface area contributed by atoms with E-state index in [0.717, 1.165) is 0 Å². The summed E-state index contributed by atoms with van der Waals surface area (Å²) in [6.45, 7) is -0.197. The minimum Gasteiger partial charge on any atom is -0.475 e. The fourth-order valence-electron chi connectivity index (χ4n) is 1.10. The van der Waals surface area contributed by atoms with Crippen LogP contribution in [0.3, 0.4) is 0 Å². The zero-order valence-electron chi connectivity index (χ0n) is 8.01. The van der Waals surface area contributed by atoms with E-state index in [1.54, 1.807) is 0 Å². The molecule has 84 valence electrons. The smallest absolute Gasteiger partial charge is 0.372 e. The van der Waals surface area contributed by atoms with Gasteiger partial charge >= 0.3 is 5.97 Å². The Morgan fingerprint density at radius 1 is 1.47 bits per heavy atom. The number of nitrogens with one attached hydrogen (secondary N) is 1. The molecule has 4 N–H and O–H groups in total. The van der Waals surface area contributed by atoms with Crippen molar-refractivity contribution in [1.82, 2.24) is 5.32 Å². The fourth-order valence-corrected chi connectivity index (χ4v) is 1.10. The van der Waals surface area contributed by atoms with Gasteiger partial charge in [0.1, 0.15) is 0 Å². The Morgan fingerprint density at radius 2 is 2.13 bits per heavy atom. The number of hydrogen-bond acceptors (Lipinski definition) is 5. The van der Waals surface area contributed by atoms with Crippen molar-refractivity contribution in [3.63, 3.8) is 0 Å². The summed E-state index contributed by atoms with van der Waals surface area (Å²) in [5.74, 6) is -1.27. The summed E-state index contributed by atoms with van der Waals surface area (Å²) in [5.41, 5.74) is 0.481. The van der Waals surface area contributed by atoms with Crippen LogP contribution in [0, 0.1) is 0 Å². The number of carboxylic acid groups (broad SMARTS) is 1. The van der Waals surface area contributed by atoms with Crippen molar-refractivity contribution in [2.45, 2.75) is 12.6 Å². The first-order chi connectivity index (χ1) is 7.19. The maximum Gasteiger partial charge on any atom is 0.372 e. The van der Waals surface area contributed by atoms with Crippen LogP contribution >= 0.6 is 0 Å². The molecule has 0 bridgehead atoms. The Hall–Kier alpha value is -1.37. The molecule has 0 atom stereocenters. The maximum atomic E-state index is 10.6. The second-order valence-corrected chi connectivity index (χ2v) is 3.02. The second-order valence-electron chi connectivity index (χ2n) is 3.02. The predicted molar refractivity (Wildman–Crippen MR) is 50.5 cm³/mol. The first-order valence-electron chi connectivity index (χ1n) is 4.43. The van der Waals surface area contributed by atoms with Crippen molar-refractivity contribution in [2.24, 2.45) is 0 Å². The van der Waals surface area contributed by atoms with E-state index in [-0.39, 0.29) is 25.5 Å². The number of aromatic carboxylic acids is 1. The molecular formula is C9H13NO5. The van der Waals surface area contributed by atoms with E-state index >= 15 is 0 Å². The molecule has 0 saturated heterocycles. The van der Waals surface area contributed by atoms with E-state index in [9.17, 15) is 4.79 Å². The Labute approximate surface area is 86.1 Å². The van der Waals surface area contributed by atoms with Gasteiger partial charge in [-0.2, -0.15) is 0 Å². The first kappa shape index (κ1) is 11.7. The highest BCUT2D eigenvalue weighted by Crippen LogP contribution is 2.10.